The molecule has 31 heavy (non-hydrogen) atoms. The highest BCUT2D eigenvalue weighted by Gasteiger charge is 2.16. The Labute approximate surface area is 197 Å². The molecule has 1 N–H and O–H groups in total. The van der Waals surface area contributed by atoms with Crippen LogP contribution in [0.15, 0.2) is 60.0 Å². The third kappa shape index (κ3) is 4.70. The van der Waals surface area contributed by atoms with Gasteiger partial charge in [0.2, 0.25) is 0 Å². The topological polar surface area (TPSA) is 59.4 Å². The summed E-state index contributed by atoms with van der Waals surface area (Å²) in [6.07, 6.45) is -1.41. The molecule has 3 aromatic carbocycles. The normalized spacial score (nSPS) is 10.8. The Kier molecular flexibility index (Phi) is 6.21. The predicted octanol–water partition coefficient (Wildman–Crippen LogP) is 8.47. The minimum Gasteiger partial charge on any atom is -0.449 e. The van der Waals surface area contributed by atoms with Crippen LogP contribution in [-0.2, 0) is 0 Å². The number of halogens is 3. The second-order valence-electron chi connectivity index (χ2n) is 6.73. The average Bonchev–Trinajstić information content (AvgIpc) is 3.20. The number of hydrogen-bond acceptors (Lipinski definition) is 4. The molecule has 0 aliphatic carbocycles. The molecule has 0 atom stereocenters. The lowest BCUT2D eigenvalue weighted by Gasteiger charge is -2.12. The van der Waals surface area contributed by atoms with Crippen molar-refractivity contribution < 1.29 is 14.6 Å². The van der Waals surface area contributed by atoms with Gasteiger partial charge in [-0.25, -0.2) is 9.78 Å². The maximum Gasteiger partial charge on any atom is 0.511 e. The molecule has 0 fully saturated rings. The summed E-state index contributed by atoms with van der Waals surface area (Å²) in [7, 11) is 0. The number of benzene rings is 3. The van der Waals surface area contributed by atoms with Crippen molar-refractivity contribution in [1.82, 2.24) is 4.98 Å². The van der Waals surface area contributed by atoms with Crippen LogP contribution in [0.5, 0.6) is 5.75 Å². The molecule has 0 spiro atoms. The van der Waals surface area contributed by atoms with Crippen LogP contribution < -0.4 is 4.74 Å². The Morgan fingerprint density at radius 2 is 1.65 bits per heavy atom. The van der Waals surface area contributed by atoms with Gasteiger partial charge in [-0.1, -0.05) is 59.1 Å². The van der Waals surface area contributed by atoms with E-state index in [1.165, 1.54) is 11.3 Å². The first kappa shape index (κ1) is 21.7. The number of hydrogen-bond donors (Lipinski definition) is 1. The first-order valence-electron chi connectivity index (χ1n) is 9.04. The van der Waals surface area contributed by atoms with Gasteiger partial charge >= 0.3 is 6.16 Å². The van der Waals surface area contributed by atoms with E-state index in [4.69, 9.17) is 39.5 Å². The van der Waals surface area contributed by atoms with E-state index in [0.717, 1.165) is 22.4 Å². The summed E-state index contributed by atoms with van der Waals surface area (Å²) < 4.78 is 5.07. The zero-order valence-corrected chi connectivity index (χ0v) is 19.1. The van der Waals surface area contributed by atoms with E-state index in [-0.39, 0.29) is 5.75 Å². The Balaban J connectivity index is 1.75. The van der Waals surface area contributed by atoms with Gasteiger partial charge in [0.25, 0.3) is 0 Å². The highest BCUT2D eigenvalue weighted by molar-refractivity contribution is 7.13. The molecule has 0 saturated carbocycles. The predicted molar refractivity (Wildman–Crippen MR) is 127 cm³/mol. The summed E-state index contributed by atoms with van der Waals surface area (Å²) in [5.74, 6) is 0.182. The molecule has 0 radical (unpaired) electrons. The fourth-order valence-corrected chi connectivity index (χ4v) is 4.55. The van der Waals surface area contributed by atoms with Crippen LogP contribution in [0.25, 0.3) is 33.0 Å². The molecule has 0 bridgehead atoms. The summed E-state index contributed by atoms with van der Waals surface area (Å²) in [5, 5.41) is 13.3. The van der Waals surface area contributed by atoms with Crippen molar-refractivity contribution in [1.29, 1.82) is 0 Å². The lowest BCUT2D eigenvalue weighted by molar-refractivity contribution is 0.144. The highest BCUT2D eigenvalue weighted by Crippen LogP contribution is 2.39. The SMILES string of the molecule is Cc1ccc(-c2ccc(-c3nc(-c4ccc(Cl)c(Cl)c4)cs3)cc2OC(=O)O)c(Cl)c1. The van der Waals surface area contributed by atoms with Crippen molar-refractivity contribution in [2.75, 3.05) is 0 Å². The first-order valence-corrected chi connectivity index (χ1v) is 11.1. The standard InChI is InChI=1S/C23H14Cl3NO3S/c1-12-2-5-15(18(25)8-12)16-6-3-14(10-21(16)30-23(28)29)22-27-20(11-31-22)13-4-7-17(24)19(26)9-13/h2-11H,1H3,(H,28,29). The molecule has 4 rings (SSSR count). The van der Waals surface area contributed by atoms with E-state index in [2.05, 4.69) is 4.98 Å². The summed E-state index contributed by atoms with van der Waals surface area (Å²) in [4.78, 5) is 16.0. The molecule has 0 amide bonds. The second-order valence-corrected chi connectivity index (χ2v) is 8.81. The van der Waals surface area contributed by atoms with Gasteiger partial charge in [0, 0.05) is 32.7 Å². The Morgan fingerprint density at radius 3 is 2.35 bits per heavy atom. The fourth-order valence-electron chi connectivity index (χ4n) is 3.09. The van der Waals surface area contributed by atoms with E-state index < -0.39 is 6.16 Å². The minimum atomic E-state index is -1.41. The van der Waals surface area contributed by atoms with Gasteiger partial charge in [-0.15, -0.1) is 11.3 Å². The van der Waals surface area contributed by atoms with E-state index in [1.54, 1.807) is 24.3 Å². The Morgan fingerprint density at radius 1 is 0.903 bits per heavy atom. The van der Waals surface area contributed by atoms with E-state index in [1.807, 2.05) is 42.6 Å². The van der Waals surface area contributed by atoms with Crippen molar-refractivity contribution in [2.24, 2.45) is 0 Å². The molecule has 0 saturated heterocycles. The van der Waals surface area contributed by atoms with Crippen LogP contribution in [0.3, 0.4) is 0 Å². The van der Waals surface area contributed by atoms with Crippen LogP contribution >= 0.6 is 46.1 Å². The third-order valence-corrected chi connectivity index (χ3v) is 6.50. The van der Waals surface area contributed by atoms with Gasteiger partial charge in [-0.3, -0.25) is 0 Å². The summed E-state index contributed by atoms with van der Waals surface area (Å²) in [6, 6.07) is 16.2. The molecule has 156 valence electrons. The smallest absolute Gasteiger partial charge is 0.449 e. The van der Waals surface area contributed by atoms with Crippen molar-refractivity contribution in [2.45, 2.75) is 6.92 Å². The van der Waals surface area contributed by atoms with Crippen molar-refractivity contribution in [3.63, 3.8) is 0 Å². The number of ether oxygens (including phenoxy) is 1. The lowest BCUT2D eigenvalue weighted by Crippen LogP contribution is -2.04. The number of carbonyl (C=O) groups is 1. The maximum absolute atomic E-state index is 11.3. The number of rotatable bonds is 4. The molecular weight excluding hydrogens is 477 g/mol. The largest absolute Gasteiger partial charge is 0.511 e. The van der Waals surface area contributed by atoms with Crippen molar-refractivity contribution >= 4 is 52.3 Å². The minimum absolute atomic E-state index is 0.182. The zero-order valence-electron chi connectivity index (χ0n) is 16.0. The molecule has 1 heterocycles. The van der Waals surface area contributed by atoms with Gasteiger partial charge in [0.15, 0.2) is 0 Å². The first-order chi connectivity index (χ1) is 14.8. The molecule has 0 unspecified atom stereocenters. The van der Waals surface area contributed by atoms with E-state index in [9.17, 15) is 9.90 Å². The molecule has 4 nitrogen and oxygen atoms in total. The number of aryl methyl sites for hydroxylation is 1. The van der Waals surface area contributed by atoms with Crippen LogP contribution in [0.2, 0.25) is 15.1 Å². The van der Waals surface area contributed by atoms with Gasteiger partial charge in [0.05, 0.1) is 15.7 Å². The fraction of sp³-hybridized carbons (Fsp3) is 0.0435. The van der Waals surface area contributed by atoms with Gasteiger partial charge in [0.1, 0.15) is 10.8 Å². The van der Waals surface area contributed by atoms with Crippen molar-refractivity contribution in [3.8, 4) is 38.7 Å². The summed E-state index contributed by atoms with van der Waals surface area (Å²) >= 11 is 19.9. The van der Waals surface area contributed by atoms with Crippen LogP contribution in [-0.4, -0.2) is 16.2 Å². The Bertz CT molecular complexity index is 1300. The molecule has 1 aromatic heterocycles. The van der Waals surface area contributed by atoms with Gasteiger partial charge < -0.3 is 9.84 Å². The summed E-state index contributed by atoms with van der Waals surface area (Å²) in [5.41, 5.74) is 4.57. The van der Waals surface area contributed by atoms with Gasteiger partial charge in [-0.2, -0.15) is 0 Å². The third-order valence-electron chi connectivity index (χ3n) is 4.56. The summed E-state index contributed by atoms with van der Waals surface area (Å²) in [6.45, 7) is 1.93. The number of nitrogens with zero attached hydrogens (tertiary/aromatic N) is 1. The molecule has 0 aliphatic rings. The van der Waals surface area contributed by atoms with Crippen LogP contribution in [0, 0.1) is 6.92 Å². The molecule has 8 heteroatoms. The molecule has 4 aromatic rings. The van der Waals surface area contributed by atoms with E-state index in [0.29, 0.717) is 31.2 Å². The van der Waals surface area contributed by atoms with Crippen molar-refractivity contribution in [3.05, 3.63) is 80.6 Å². The quantitative estimate of drug-likeness (QED) is 0.230. The number of thiazole rings is 1. The molecular formula is C23H14Cl3NO3S. The monoisotopic (exact) mass is 489 g/mol. The molecule has 0 aliphatic heterocycles. The van der Waals surface area contributed by atoms with Crippen LogP contribution in [0.1, 0.15) is 5.56 Å². The Hall–Kier alpha value is -2.57. The number of carboxylic acid groups (broad SMARTS) is 1. The van der Waals surface area contributed by atoms with Gasteiger partial charge in [-0.05, 0) is 42.8 Å². The zero-order chi connectivity index (χ0) is 22.1. The maximum atomic E-state index is 11.3. The average molecular weight is 491 g/mol. The highest BCUT2D eigenvalue weighted by atomic mass is 35.5. The second kappa shape index (κ2) is 8.89. The lowest BCUT2D eigenvalue weighted by atomic mass is 10.0. The van der Waals surface area contributed by atoms with Crippen LogP contribution in [0.4, 0.5) is 4.79 Å². The van der Waals surface area contributed by atoms with E-state index >= 15 is 0 Å². The number of aromatic nitrogens is 1.